The van der Waals surface area contributed by atoms with Crippen LogP contribution in [0.2, 0.25) is 0 Å². The molecule has 0 bridgehead atoms. The number of nitrogens with zero attached hydrogens (tertiary/aromatic N) is 1. The lowest BCUT2D eigenvalue weighted by Crippen LogP contribution is -2.52. The molecule has 2 rings (SSSR count). The van der Waals surface area contributed by atoms with Crippen LogP contribution in [-0.4, -0.2) is 51.1 Å². The first-order valence-electron chi connectivity index (χ1n) is 6.58. The number of nitrogens with one attached hydrogen (secondary N) is 1. The molecular weight excluding hydrogens is 304 g/mol. The number of hydrogen-bond donors (Lipinski definition) is 1. The normalized spacial score (nSPS) is 16.4. The van der Waals surface area contributed by atoms with Gasteiger partial charge in [-0.15, -0.1) is 0 Å². The lowest BCUT2D eigenvalue weighted by molar-refractivity contribution is -0.129. The zero-order chi connectivity index (χ0) is 17.1. The van der Waals surface area contributed by atoms with E-state index in [0.717, 1.165) is 4.90 Å². The standard InChI is InChI=1S/C15H16N2O6/c1-17-14(19)10(13(18)16-15(17)20)7-9-11(22-3)5-8(21-2)6-12(9)23-4/h5-7H,1-4H3,(H,16,18,20)/b10-7-. The lowest BCUT2D eigenvalue weighted by Gasteiger charge is -2.22. The monoisotopic (exact) mass is 320 g/mol. The summed E-state index contributed by atoms with van der Waals surface area (Å²) in [7, 11) is 5.65. The van der Waals surface area contributed by atoms with Crippen LogP contribution in [0.15, 0.2) is 17.7 Å². The number of methoxy groups -OCH3 is 3. The van der Waals surface area contributed by atoms with Crippen molar-refractivity contribution in [2.75, 3.05) is 28.4 Å². The number of barbiturate groups is 1. The third-order valence-corrected chi connectivity index (χ3v) is 3.35. The zero-order valence-electron chi connectivity index (χ0n) is 13.1. The Hall–Kier alpha value is -3.03. The highest BCUT2D eigenvalue weighted by Gasteiger charge is 2.33. The van der Waals surface area contributed by atoms with Crippen LogP contribution in [0.5, 0.6) is 17.2 Å². The number of urea groups is 1. The molecular formula is C15H16N2O6. The van der Waals surface area contributed by atoms with Gasteiger partial charge in [0.2, 0.25) is 0 Å². The van der Waals surface area contributed by atoms with Gasteiger partial charge in [0.1, 0.15) is 22.8 Å². The maximum Gasteiger partial charge on any atom is 0.331 e. The first-order chi connectivity index (χ1) is 10.9. The second kappa shape index (κ2) is 6.39. The fourth-order valence-corrected chi connectivity index (χ4v) is 2.06. The Bertz CT molecular complexity index is 685. The average Bonchev–Trinajstić information content (AvgIpc) is 2.56. The van der Waals surface area contributed by atoms with Crippen LogP contribution < -0.4 is 19.5 Å². The molecule has 122 valence electrons. The van der Waals surface area contributed by atoms with Gasteiger partial charge in [0.15, 0.2) is 0 Å². The third kappa shape index (κ3) is 2.96. The van der Waals surface area contributed by atoms with E-state index in [1.54, 1.807) is 12.1 Å². The van der Waals surface area contributed by atoms with Crippen molar-refractivity contribution in [1.82, 2.24) is 10.2 Å². The van der Waals surface area contributed by atoms with Crippen molar-refractivity contribution in [1.29, 1.82) is 0 Å². The molecule has 0 saturated carbocycles. The molecule has 0 radical (unpaired) electrons. The molecule has 0 aliphatic carbocycles. The molecule has 1 fully saturated rings. The van der Waals surface area contributed by atoms with E-state index in [9.17, 15) is 14.4 Å². The predicted molar refractivity (Wildman–Crippen MR) is 80.4 cm³/mol. The summed E-state index contributed by atoms with van der Waals surface area (Å²) in [6, 6.07) is 2.41. The number of amides is 4. The molecule has 1 aliphatic rings. The van der Waals surface area contributed by atoms with Gasteiger partial charge in [-0.25, -0.2) is 4.79 Å². The zero-order valence-corrected chi connectivity index (χ0v) is 13.1. The number of ether oxygens (including phenoxy) is 3. The van der Waals surface area contributed by atoms with Crippen molar-refractivity contribution >= 4 is 23.9 Å². The first kappa shape index (κ1) is 16.3. The Morgan fingerprint density at radius 3 is 2.04 bits per heavy atom. The van der Waals surface area contributed by atoms with Crippen LogP contribution in [0.1, 0.15) is 5.56 Å². The molecule has 0 aromatic heterocycles. The van der Waals surface area contributed by atoms with Gasteiger partial charge in [-0.3, -0.25) is 19.8 Å². The highest BCUT2D eigenvalue weighted by molar-refractivity contribution is 6.31. The first-order valence-corrected chi connectivity index (χ1v) is 6.58. The van der Waals surface area contributed by atoms with E-state index in [1.165, 1.54) is 34.5 Å². The number of rotatable bonds is 4. The fourth-order valence-electron chi connectivity index (χ4n) is 2.06. The summed E-state index contributed by atoms with van der Waals surface area (Å²) in [6.07, 6.45) is 1.32. The molecule has 0 atom stereocenters. The Morgan fingerprint density at radius 1 is 1.00 bits per heavy atom. The second-order valence-corrected chi connectivity index (χ2v) is 4.63. The van der Waals surface area contributed by atoms with Crippen LogP contribution in [0.25, 0.3) is 6.08 Å². The smallest absolute Gasteiger partial charge is 0.331 e. The van der Waals surface area contributed by atoms with E-state index >= 15 is 0 Å². The van der Waals surface area contributed by atoms with Crippen molar-refractivity contribution in [2.45, 2.75) is 0 Å². The van der Waals surface area contributed by atoms with E-state index in [2.05, 4.69) is 5.32 Å². The van der Waals surface area contributed by atoms with Gasteiger partial charge in [0, 0.05) is 19.2 Å². The Labute approximate surface area is 132 Å². The van der Waals surface area contributed by atoms with Crippen LogP contribution in [0.4, 0.5) is 4.79 Å². The molecule has 1 heterocycles. The van der Waals surface area contributed by atoms with Crippen LogP contribution in [0, 0.1) is 0 Å². The number of imide groups is 2. The summed E-state index contributed by atoms with van der Waals surface area (Å²) >= 11 is 0. The van der Waals surface area contributed by atoms with Crippen LogP contribution in [-0.2, 0) is 9.59 Å². The van der Waals surface area contributed by atoms with Crippen LogP contribution >= 0.6 is 0 Å². The van der Waals surface area contributed by atoms with Gasteiger partial charge in [-0.05, 0) is 6.08 Å². The van der Waals surface area contributed by atoms with Gasteiger partial charge in [-0.1, -0.05) is 0 Å². The van der Waals surface area contributed by atoms with E-state index in [0.29, 0.717) is 22.8 Å². The summed E-state index contributed by atoms with van der Waals surface area (Å²) in [5.74, 6) is -0.285. The minimum atomic E-state index is -0.780. The number of carbonyl (C=O) groups is 3. The highest BCUT2D eigenvalue weighted by Crippen LogP contribution is 2.36. The number of likely N-dealkylation sites (N-methyl/N-ethyl adjacent to an activating group) is 1. The minimum absolute atomic E-state index is 0.200. The van der Waals surface area contributed by atoms with Crippen molar-refractivity contribution in [3.63, 3.8) is 0 Å². The lowest BCUT2D eigenvalue weighted by atomic mass is 10.1. The van der Waals surface area contributed by atoms with Crippen molar-refractivity contribution in [3.05, 3.63) is 23.3 Å². The number of benzene rings is 1. The Kier molecular flexibility index (Phi) is 4.54. The second-order valence-electron chi connectivity index (χ2n) is 4.63. The van der Waals surface area contributed by atoms with Gasteiger partial charge >= 0.3 is 6.03 Å². The number of carbonyl (C=O) groups excluding carboxylic acids is 3. The molecule has 1 saturated heterocycles. The van der Waals surface area contributed by atoms with Gasteiger partial charge in [0.05, 0.1) is 26.9 Å². The Balaban J connectivity index is 2.59. The topological polar surface area (TPSA) is 94.2 Å². The number of hydrogen-bond acceptors (Lipinski definition) is 6. The summed E-state index contributed by atoms with van der Waals surface area (Å²) in [4.78, 5) is 36.3. The summed E-state index contributed by atoms with van der Waals surface area (Å²) in [6.45, 7) is 0. The molecule has 0 unspecified atom stereocenters. The maximum absolute atomic E-state index is 12.1. The average molecular weight is 320 g/mol. The van der Waals surface area contributed by atoms with E-state index in [-0.39, 0.29) is 5.57 Å². The van der Waals surface area contributed by atoms with Crippen molar-refractivity contribution in [3.8, 4) is 17.2 Å². The highest BCUT2D eigenvalue weighted by atomic mass is 16.5. The van der Waals surface area contributed by atoms with Gasteiger partial charge in [0.25, 0.3) is 11.8 Å². The Morgan fingerprint density at radius 2 is 1.57 bits per heavy atom. The summed E-state index contributed by atoms with van der Waals surface area (Å²) in [5.41, 5.74) is 0.186. The molecule has 23 heavy (non-hydrogen) atoms. The molecule has 8 heteroatoms. The SMILES string of the molecule is COc1cc(OC)c(/C=C2/C(=O)NC(=O)N(C)C2=O)c(OC)c1. The quantitative estimate of drug-likeness (QED) is 0.651. The molecule has 1 aromatic carbocycles. The van der Waals surface area contributed by atoms with E-state index < -0.39 is 17.8 Å². The van der Waals surface area contributed by atoms with Crippen molar-refractivity contribution < 1.29 is 28.6 Å². The van der Waals surface area contributed by atoms with Crippen LogP contribution in [0.3, 0.4) is 0 Å². The largest absolute Gasteiger partial charge is 0.496 e. The molecule has 8 nitrogen and oxygen atoms in total. The summed E-state index contributed by atoms with van der Waals surface area (Å²) in [5, 5.41) is 2.08. The van der Waals surface area contributed by atoms with Crippen molar-refractivity contribution in [2.24, 2.45) is 0 Å². The maximum atomic E-state index is 12.1. The van der Waals surface area contributed by atoms with Gasteiger partial charge < -0.3 is 14.2 Å². The molecule has 1 N–H and O–H groups in total. The van der Waals surface area contributed by atoms with E-state index in [1.807, 2.05) is 0 Å². The molecule has 1 aromatic rings. The third-order valence-electron chi connectivity index (χ3n) is 3.35. The minimum Gasteiger partial charge on any atom is -0.496 e. The van der Waals surface area contributed by atoms with Gasteiger partial charge in [-0.2, -0.15) is 0 Å². The molecule has 0 spiro atoms. The molecule has 1 aliphatic heterocycles. The fraction of sp³-hybridized carbons (Fsp3) is 0.267. The van der Waals surface area contributed by atoms with E-state index in [4.69, 9.17) is 14.2 Å². The predicted octanol–water partition coefficient (Wildman–Crippen LogP) is 0.804. The summed E-state index contributed by atoms with van der Waals surface area (Å²) < 4.78 is 15.7. The molecule has 4 amide bonds.